The average molecular weight is 193 g/mol. The Morgan fingerprint density at radius 2 is 2.21 bits per heavy atom. The van der Waals surface area contributed by atoms with Gasteiger partial charge in [-0.1, -0.05) is 20.8 Å². The predicted molar refractivity (Wildman–Crippen MR) is 53.6 cm³/mol. The monoisotopic (exact) mass is 193 g/mol. The molecule has 1 aromatic heterocycles. The molecule has 0 atom stereocenters. The van der Waals surface area contributed by atoms with Crippen molar-refractivity contribution in [3.8, 4) is 0 Å². The topological polar surface area (TPSA) is 54.9 Å². The van der Waals surface area contributed by atoms with E-state index >= 15 is 0 Å². The maximum absolute atomic E-state index is 10.2. The summed E-state index contributed by atoms with van der Waals surface area (Å²) in [6.45, 7) is 6.73. The van der Waals surface area contributed by atoms with E-state index in [1.165, 1.54) is 6.33 Å². The second-order valence-electron chi connectivity index (χ2n) is 4.15. The van der Waals surface area contributed by atoms with Gasteiger partial charge in [0.15, 0.2) is 0 Å². The summed E-state index contributed by atoms with van der Waals surface area (Å²) in [7, 11) is 0. The summed E-state index contributed by atoms with van der Waals surface area (Å²) in [5.41, 5.74) is 1.91. The SMILES string of the molecule is CC(C)(C)c1ncncc1CNC=O. The fourth-order valence-corrected chi connectivity index (χ4v) is 1.31. The first-order valence-corrected chi connectivity index (χ1v) is 4.52. The van der Waals surface area contributed by atoms with Gasteiger partial charge in [0, 0.05) is 23.7 Å². The average Bonchev–Trinajstić information content (AvgIpc) is 2.14. The highest BCUT2D eigenvalue weighted by molar-refractivity contribution is 5.46. The Kier molecular flexibility index (Phi) is 3.17. The minimum Gasteiger partial charge on any atom is -0.354 e. The van der Waals surface area contributed by atoms with Gasteiger partial charge in [-0.15, -0.1) is 0 Å². The first-order chi connectivity index (χ1) is 6.55. The van der Waals surface area contributed by atoms with Crippen LogP contribution in [0.3, 0.4) is 0 Å². The number of carbonyl (C=O) groups excluding carboxylic acids is 1. The summed E-state index contributed by atoms with van der Waals surface area (Å²) in [6, 6.07) is 0. The van der Waals surface area contributed by atoms with Gasteiger partial charge in [-0.3, -0.25) is 4.79 Å². The minimum absolute atomic E-state index is 0.0250. The molecule has 0 saturated carbocycles. The van der Waals surface area contributed by atoms with E-state index in [-0.39, 0.29) is 5.41 Å². The lowest BCUT2D eigenvalue weighted by molar-refractivity contribution is -0.109. The first-order valence-electron chi connectivity index (χ1n) is 4.52. The molecule has 0 bridgehead atoms. The Hall–Kier alpha value is -1.45. The Morgan fingerprint density at radius 3 is 2.79 bits per heavy atom. The van der Waals surface area contributed by atoms with Crippen LogP contribution in [-0.2, 0) is 16.8 Å². The number of nitrogens with zero attached hydrogens (tertiary/aromatic N) is 2. The van der Waals surface area contributed by atoms with Crippen molar-refractivity contribution < 1.29 is 4.79 Å². The van der Waals surface area contributed by atoms with Crippen molar-refractivity contribution in [1.82, 2.24) is 15.3 Å². The van der Waals surface area contributed by atoms with Crippen molar-refractivity contribution in [2.75, 3.05) is 0 Å². The highest BCUT2D eigenvalue weighted by Gasteiger charge is 2.19. The van der Waals surface area contributed by atoms with Crippen LogP contribution in [0.25, 0.3) is 0 Å². The molecule has 1 rings (SSSR count). The van der Waals surface area contributed by atoms with Crippen molar-refractivity contribution in [3.63, 3.8) is 0 Å². The van der Waals surface area contributed by atoms with Crippen molar-refractivity contribution in [2.24, 2.45) is 0 Å². The molecule has 1 amide bonds. The summed E-state index contributed by atoms with van der Waals surface area (Å²) in [6.07, 6.45) is 3.95. The van der Waals surface area contributed by atoms with Gasteiger partial charge in [-0.25, -0.2) is 9.97 Å². The van der Waals surface area contributed by atoms with Gasteiger partial charge in [0.25, 0.3) is 0 Å². The Morgan fingerprint density at radius 1 is 1.50 bits per heavy atom. The smallest absolute Gasteiger partial charge is 0.207 e. The van der Waals surface area contributed by atoms with E-state index in [2.05, 4.69) is 36.1 Å². The zero-order chi connectivity index (χ0) is 10.6. The zero-order valence-corrected chi connectivity index (χ0v) is 8.74. The number of carbonyl (C=O) groups is 1. The molecule has 0 aliphatic rings. The molecular weight excluding hydrogens is 178 g/mol. The lowest BCUT2D eigenvalue weighted by atomic mass is 9.89. The summed E-state index contributed by atoms with van der Waals surface area (Å²) < 4.78 is 0. The van der Waals surface area contributed by atoms with Crippen LogP contribution in [-0.4, -0.2) is 16.4 Å². The van der Waals surface area contributed by atoms with Crippen LogP contribution in [0.1, 0.15) is 32.0 Å². The molecule has 0 aromatic carbocycles. The third kappa shape index (κ3) is 2.52. The van der Waals surface area contributed by atoms with Crippen molar-refractivity contribution in [1.29, 1.82) is 0 Å². The maximum Gasteiger partial charge on any atom is 0.207 e. The van der Waals surface area contributed by atoms with Gasteiger partial charge < -0.3 is 5.32 Å². The lowest BCUT2D eigenvalue weighted by Gasteiger charge is -2.20. The van der Waals surface area contributed by atoms with Gasteiger partial charge in [-0.2, -0.15) is 0 Å². The molecule has 4 nitrogen and oxygen atoms in total. The Bertz CT molecular complexity index is 317. The number of aromatic nitrogens is 2. The molecule has 0 unspecified atom stereocenters. The van der Waals surface area contributed by atoms with Gasteiger partial charge in [0.1, 0.15) is 6.33 Å². The standard InChI is InChI=1S/C10H15N3O/c1-10(2,3)9-8(5-12-7-14)4-11-6-13-9/h4,6-7H,5H2,1-3H3,(H,12,14). The molecule has 0 saturated heterocycles. The third-order valence-corrected chi connectivity index (χ3v) is 1.87. The largest absolute Gasteiger partial charge is 0.354 e. The summed E-state index contributed by atoms with van der Waals surface area (Å²) >= 11 is 0. The molecule has 0 aliphatic heterocycles. The van der Waals surface area contributed by atoms with Crippen molar-refractivity contribution >= 4 is 6.41 Å². The van der Waals surface area contributed by atoms with Gasteiger partial charge in [-0.05, 0) is 0 Å². The van der Waals surface area contributed by atoms with Crippen LogP contribution in [0.2, 0.25) is 0 Å². The molecule has 0 aliphatic carbocycles. The number of hydrogen-bond acceptors (Lipinski definition) is 3. The van der Waals surface area contributed by atoms with Crippen LogP contribution in [0, 0.1) is 0 Å². The van der Waals surface area contributed by atoms with Crippen LogP contribution in [0.15, 0.2) is 12.5 Å². The molecule has 1 heterocycles. The molecule has 4 heteroatoms. The summed E-state index contributed by atoms with van der Waals surface area (Å²) in [5.74, 6) is 0. The minimum atomic E-state index is -0.0250. The fraction of sp³-hybridized carbons (Fsp3) is 0.500. The van der Waals surface area contributed by atoms with Crippen LogP contribution < -0.4 is 5.32 Å². The van der Waals surface area contributed by atoms with E-state index in [1.54, 1.807) is 6.20 Å². The molecule has 1 aromatic rings. The number of rotatable bonds is 3. The van der Waals surface area contributed by atoms with Crippen LogP contribution >= 0.6 is 0 Å². The van der Waals surface area contributed by atoms with Crippen molar-refractivity contribution in [2.45, 2.75) is 32.7 Å². The third-order valence-electron chi connectivity index (χ3n) is 1.87. The first kappa shape index (κ1) is 10.6. The van der Waals surface area contributed by atoms with Gasteiger partial charge in [0.2, 0.25) is 6.41 Å². The molecule has 1 N–H and O–H groups in total. The van der Waals surface area contributed by atoms with E-state index in [0.717, 1.165) is 11.3 Å². The summed E-state index contributed by atoms with van der Waals surface area (Å²) in [5, 5.41) is 2.62. The van der Waals surface area contributed by atoms with E-state index in [1.807, 2.05) is 0 Å². The molecule has 0 spiro atoms. The second kappa shape index (κ2) is 4.17. The van der Waals surface area contributed by atoms with Gasteiger partial charge in [0.05, 0.1) is 5.69 Å². The normalized spacial score (nSPS) is 11.1. The molecule has 14 heavy (non-hydrogen) atoms. The van der Waals surface area contributed by atoms with Crippen LogP contribution in [0.4, 0.5) is 0 Å². The van der Waals surface area contributed by atoms with Crippen LogP contribution in [0.5, 0.6) is 0 Å². The quantitative estimate of drug-likeness (QED) is 0.729. The fourth-order valence-electron chi connectivity index (χ4n) is 1.31. The molecular formula is C10H15N3O. The Balaban J connectivity index is 2.97. The van der Waals surface area contributed by atoms with E-state index < -0.39 is 0 Å². The zero-order valence-electron chi connectivity index (χ0n) is 8.74. The van der Waals surface area contributed by atoms with E-state index in [0.29, 0.717) is 13.0 Å². The number of amides is 1. The molecule has 76 valence electrons. The van der Waals surface area contributed by atoms with E-state index in [4.69, 9.17) is 0 Å². The van der Waals surface area contributed by atoms with E-state index in [9.17, 15) is 4.79 Å². The number of nitrogens with one attached hydrogen (secondary N) is 1. The summed E-state index contributed by atoms with van der Waals surface area (Å²) in [4.78, 5) is 18.4. The number of hydrogen-bond donors (Lipinski definition) is 1. The second-order valence-corrected chi connectivity index (χ2v) is 4.15. The molecule has 0 radical (unpaired) electrons. The van der Waals surface area contributed by atoms with Gasteiger partial charge >= 0.3 is 0 Å². The van der Waals surface area contributed by atoms with Crippen molar-refractivity contribution in [3.05, 3.63) is 23.8 Å². The Labute approximate surface area is 83.8 Å². The highest BCUT2D eigenvalue weighted by Crippen LogP contribution is 2.22. The lowest BCUT2D eigenvalue weighted by Crippen LogP contribution is -2.20. The maximum atomic E-state index is 10.2. The highest BCUT2D eigenvalue weighted by atomic mass is 16.1. The predicted octanol–water partition coefficient (Wildman–Crippen LogP) is 1.02. The molecule has 0 fully saturated rings.